The van der Waals surface area contributed by atoms with Crippen molar-refractivity contribution in [1.82, 2.24) is 9.80 Å². The number of aliphatic hydroxyl groups is 1. The zero-order chi connectivity index (χ0) is 29.7. The summed E-state index contributed by atoms with van der Waals surface area (Å²) < 4.78 is 56.9. The van der Waals surface area contributed by atoms with Crippen molar-refractivity contribution in [2.75, 3.05) is 64.7 Å². The Kier molecular flexibility index (Phi) is 15.2. The Balaban J connectivity index is 2.68. The first-order valence-corrected chi connectivity index (χ1v) is 18.1. The summed E-state index contributed by atoms with van der Waals surface area (Å²) in [6.07, 6.45) is -2.64. The van der Waals surface area contributed by atoms with Crippen molar-refractivity contribution >= 4 is 36.6 Å². The minimum absolute atomic E-state index is 0.0507. The molecular weight excluding hydrogens is 610 g/mol. The van der Waals surface area contributed by atoms with Crippen molar-refractivity contribution in [3.63, 3.8) is 0 Å². The van der Waals surface area contributed by atoms with Crippen molar-refractivity contribution in [2.45, 2.75) is 0 Å². The summed E-state index contributed by atoms with van der Waals surface area (Å²) in [5, 5.41) is 12.2. The highest BCUT2D eigenvalue weighted by Crippen LogP contribution is 2.45. The molecule has 1 aromatic rings. The Hall–Kier alpha value is -1.03. The molecule has 0 spiro atoms. The summed E-state index contributed by atoms with van der Waals surface area (Å²) in [6.45, 7) is -1.68. The lowest BCUT2D eigenvalue weighted by Crippen LogP contribution is -2.37. The van der Waals surface area contributed by atoms with Crippen LogP contribution in [0.1, 0.15) is 5.56 Å². The third-order valence-electron chi connectivity index (χ3n) is 4.25. The van der Waals surface area contributed by atoms with E-state index in [4.69, 9.17) is 38.8 Å². The summed E-state index contributed by atoms with van der Waals surface area (Å²) in [4.78, 5) is 71.5. The van der Waals surface area contributed by atoms with Gasteiger partial charge in [0.05, 0.1) is 19.4 Å². The van der Waals surface area contributed by atoms with Crippen LogP contribution >= 0.6 is 30.4 Å². The van der Waals surface area contributed by atoms with Gasteiger partial charge >= 0.3 is 30.4 Å². The standard InChI is InChI=1S/C17H33N3O15P4/c21-7-8-34-18-11-16-1-3-17(4-2-16)33-9-10-35-39(31,32)15-20(14-38(28,29)30)6-5-19(12-36(22,23)24)13-37(25,26)27/h1-4,11,21H,5-10,12-15H2,(H,31,32)(H2,22,23,24)(H2,25,26,27)(H2,28,29,30)/b18-11+. The molecule has 1 aromatic carbocycles. The van der Waals surface area contributed by atoms with Gasteiger partial charge in [-0.15, -0.1) is 0 Å². The largest absolute Gasteiger partial charge is 0.491 e. The summed E-state index contributed by atoms with van der Waals surface area (Å²) in [5.41, 5.74) is 0.668. The molecule has 226 valence electrons. The van der Waals surface area contributed by atoms with E-state index in [9.17, 15) is 32.9 Å². The minimum Gasteiger partial charge on any atom is -0.491 e. The maximum absolute atomic E-state index is 12.5. The minimum atomic E-state index is -4.78. The quantitative estimate of drug-likeness (QED) is 0.0387. The van der Waals surface area contributed by atoms with Gasteiger partial charge in [-0.2, -0.15) is 0 Å². The van der Waals surface area contributed by atoms with Gasteiger partial charge in [0.15, 0.2) is 0 Å². The Morgan fingerprint density at radius 1 is 0.718 bits per heavy atom. The van der Waals surface area contributed by atoms with E-state index in [2.05, 4.69) is 5.16 Å². The van der Waals surface area contributed by atoms with Gasteiger partial charge in [0, 0.05) is 13.1 Å². The average Bonchev–Trinajstić information content (AvgIpc) is 2.75. The highest BCUT2D eigenvalue weighted by Gasteiger charge is 2.31. The summed E-state index contributed by atoms with van der Waals surface area (Å²) in [5.74, 6) is 0.387. The molecular formula is C17H33N3O15P4. The van der Waals surface area contributed by atoms with Gasteiger partial charge in [-0.1, -0.05) is 5.16 Å². The number of ether oxygens (including phenoxy) is 1. The zero-order valence-electron chi connectivity index (χ0n) is 20.5. The molecule has 0 aliphatic heterocycles. The lowest BCUT2D eigenvalue weighted by molar-refractivity contribution is 0.0997. The van der Waals surface area contributed by atoms with Crippen molar-refractivity contribution in [1.29, 1.82) is 0 Å². The topological polar surface area (TPSA) is 277 Å². The number of rotatable bonds is 20. The van der Waals surface area contributed by atoms with E-state index < -0.39 is 75.2 Å². The third kappa shape index (κ3) is 19.6. The number of hydrogen-bond donors (Lipinski definition) is 8. The van der Waals surface area contributed by atoms with Crippen LogP contribution in [0.25, 0.3) is 0 Å². The van der Waals surface area contributed by atoms with Gasteiger partial charge in [-0.3, -0.25) is 28.1 Å². The van der Waals surface area contributed by atoms with Gasteiger partial charge in [-0.05, 0) is 29.8 Å². The van der Waals surface area contributed by atoms with Crippen LogP contribution in [0, 0.1) is 0 Å². The second-order valence-electron chi connectivity index (χ2n) is 8.03. The second kappa shape index (κ2) is 16.4. The van der Waals surface area contributed by atoms with Gasteiger partial charge in [-0.25, -0.2) is 0 Å². The summed E-state index contributed by atoms with van der Waals surface area (Å²) >= 11 is 0. The molecule has 0 radical (unpaired) electrons. The maximum atomic E-state index is 12.5. The van der Waals surface area contributed by atoms with E-state index >= 15 is 0 Å². The van der Waals surface area contributed by atoms with Gasteiger partial charge in [0.2, 0.25) is 0 Å². The smallest absolute Gasteiger partial charge is 0.342 e. The summed E-state index contributed by atoms with van der Waals surface area (Å²) in [6, 6.07) is 6.44. The Labute approximate surface area is 223 Å². The van der Waals surface area contributed by atoms with Crippen LogP contribution in [0.15, 0.2) is 29.4 Å². The molecule has 0 saturated carbocycles. The number of oxime groups is 1. The molecule has 0 amide bonds. The number of hydrogen-bond acceptors (Lipinski definition) is 11. The molecule has 0 aromatic heterocycles. The fourth-order valence-electron chi connectivity index (χ4n) is 2.91. The van der Waals surface area contributed by atoms with Crippen LogP contribution in [-0.4, -0.2) is 120 Å². The first kappa shape index (κ1) is 36.0. The molecule has 1 unspecified atom stereocenters. The molecule has 22 heteroatoms. The molecule has 39 heavy (non-hydrogen) atoms. The Bertz CT molecular complexity index is 1060. The summed E-state index contributed by atoms with van der Waals surface area (Å²) in [7, 11) is -18.8. The SMILES string of the molecule is O=P(O)(O)CN(CCN(CP(=O)(O)O)CP(=O)(O)OCCOc1ccc(/C=N/OCCO)cc1)CP(=O)(O)O. The van der Waals surface area contributed by atoms with E-state index in [0.717, 1.165) is 4.90 Å². The molecule has 0 aliphatic carbocycles. The predicted molar refractivity (Wildman–Crippen MR) is 137 cm³/mol. The van der Waals surface area contributed by atoms with Crippen molar-refractivity contribution in [3.05, 3.63) is 29.8 Å². The lowest BCUT2D eigenvalue weighted by Gasteiger charge is -2.29. The molecule has 1 atom stereocenters. The van der Waals surface area contributed by atoms with Crippen LogP contribution in [-0.2, 0) is 27.6 Å². The average molecular weight is 643 g/mol. The Morgan fingerprint density at radius 2 is 1.21 bits per heavy atom. The van der Waals surface area contributed by atoms with Gasteiger partial charge in [0.25, 0.3) is 0 Å². The molecule has 1 rings (SSSR count). The van der Waals surface area contributed by atoms with E-state index in [-0.39, 0.29) is 19.8 Å². The molecule has 0 saturated heterocycles. The van der Waals surface area contributed by atoms with Crippen molar-refractivity contribution in [3.8, 4) is 5.75 Å². The van der Waals surface area contributed by atoms with Gasteiger partial charge in [0.1, 0.15) is 44.1 Å². The van der Waals surface area contributed by atoms with E-state index in [1.807, 2.05) is 0 Å². The normalized spacial score (nSPS) is 14.7. The highest BCUT2D eigenvalue weighted by molar-refractivity contribution is 7.53. The van der Waals surface area contributed by atoms with Gasteiger partial charge < -0.3 is 53.5 Å². The zero-order valence-corrected chi connectivity index (χ0v) is 24.1. The molecule has 0 aliphatic rings. The maximum Gasteiger partial charge on any atom is 0.342 e. The van der Waals surface area contributed by atoms with Crippen LogP contribution in [0.3, 0.4) is 0 Å². The first-order valence-electron chi connectivity index (χ1n) is 10.9. The van der Waals surface area contributed by atoms with E-state index in [1.165, 1.54) is 6.21 Å². The fraction of sp³-hybridized carbons (Fsp3) is 0.588. The Morgan fingerprint density at radius 3 is 1.67 bits per heavy atom. The van der Waals surface area contributed by atoms with Crippen LogP contribution in [0.4, 0.5) is 0 Å². The molecule has 8 N–H and O–H groups in total. The fourth-order valence-corrected chi connectivity index (χ4v) is 6.70. The van der Waals surface area contributed by atoms with Crippen LogP contribution in [0.2, 0.25) is 0 Å². The van der Waals surface area contributed by atoms with E-state index in [1.54, 1.807) is 24.3 Å². The van der Waals surface area contributed by atoms with Crippen LogP contribution < -0.4 is 4.74 Å². The lowest BCUT2D eigenvalue weighted by atomic mass is 10.2. The third-order valence-corrected chi connectivity index (χ3v) is 7.90. The predicted octanol–water partition coefficient (Wildman–Crippen LogP) is -0.423. The second-order valence-corrected chi connectivity index (χ2v) is 14.7. The monoisotopic (exact) mass is 643 g/mol. The van der Waals surface area contributed by atoms with E-state index in [0.29, 0.717) is 16.2 Å². The number of aliphatic hydroxyl groups excluding tert-OH is 1. The van der Waals surface area contributed by atoms with Crippen LogP contribution in [0.5, 0.6) is 5.75 Å². The molecule has 0 heterocycles. The van der Waals surface area contributed by atoms with Crippen molar-refractivity contribution in [2.24, 2.45) is 5.16 Å². The first-order chi connectivity index (χ1) is 17.9. The number of nitrogens with zero attached hydrogens (tertiary/aromatic N) is 3. The number of benzene rings is 1. The van der Waals surface area contributed by atoms with Crippen molar-refractivity contribution < 1.29 is 71.7 Å². The molecule has 0 bridgehead atoms. The molecule has 18 nitrogen and oxygen atoms in total. The highest BCUT2D eigenvalue weighted by atomic mass is 31.2. The molecule has 0 fully saturated rings.